The fourth-order valence-corrected chi connectivity index (χ4v) is 6.72. The van der Waals surface area contributed by atoms with E-state index in [-0.39, 0.29) is 24.9 Å². The van der Waals surface area contributed by atoms with Gasteiger partial charge in [-0.2, -0.15) is 0 Å². The van der Waals surface area contributed by atoms with E-state index in [4.69, 9.17) is 0 Å². The van der Waals surface area contributed by atoms with Gasteiger partial charge in [-0.1, -0.05) is 6.07 Å². The third kappa shape index (κ3) is 4.27. The van der Waals surface area contributed by atoms with E-state index in [1.165, 1.54) is 4.88 Å². The van der Waals surface area contributed by atoms with Crippen molar-refractivity contribution in [2.75, 3.05) is 13.1 Å². The highest BCUT2D eigenvalue weighted by Gasteiger charge is 2.30. The molecule has 0 bridgehead atoms. The maximum absolute atomic E-state index is 13.0. The van der Waals surface area contributed by atoms with Crippen molar-refractivity contribution in [2.45, 2.75) is 64.8 Å². The zero-order valence-electron chi connectivity index (χ0n) is 17.8. The van der Waals surface area contributed by atoms with Crippen LogP contribution in [-0.2, 0) is 14.8 Å². The van der Waals surface area contributed by atoms with Gasteiger partial charge in [-0.05, 0) is 86.7 Å². The average molecular weight is 435 g/mol. The molecular weight excluding hydrogens is 404 g/mol. The molecule has 1 aliphatic rings. The van der Waals surface area contributed by atoms with Crippen LogP contribution < -0.4 is 4.72 Å². The predicted molar refractivity (Wildman–Crippen MR) is 118 cm³/mol. The molecule has 7 heteroatoms. The van der Waals surface area contributed by atoms with Crippen LogP contribution >= 0.6 is 11.3 Å². The summed E-state index contributed by atoms with van der Waals surface area (Å²) < 4.78 is 28.7. The van der Waals surface area contributed by atoms with Gasteiger partial charge in [0.15, 0.2) is 0 Å². The monoisotopic (exact) mass is 434 g/mol. The molecule has 0 spiro atoms. The van der Waals surface area contributed by atoms with Crippen LogP contribution in [0.15, 0.2) is 22.4 Å². The van der Waals surface area contributed by atoms with Gasteiger partial charge in [0, 0.05) is 24.4 Å². The molecule has 158 valence electrons. The quantitative estimate of drug-likeness (QED) is 0.736. The summed E-state index contributed by atoms with van der Waals surface area (Å²) in [7, 11) is -3.68. The van der Waals surface area contributed by atoms with Crippen molar-refractivity contribution in [1.82, 2.24) is 9.62 Å². The number of thiophene rings is 1. The number of rotatable bonds is 6. The van der Waals surface area contributed by atoms with Crippen LogP contribution in [0.1, 0.15) is 58.0 Å². The Hall–Kier alpha value is -1.70. The molecule has 1 fully saturated rings. The van der Waals surface area contributed by atoms with Gasteiger partial charge < -0.3 is 4.90 Å². The van der Waals surface area contributed by atoms with E-state index in [9.17, 15) is 13.2 Å². The highest BCUT2D eigenvalue weighted by molar-refractivity contribution is 7.89. The Labute approximate surface area is 178 Å². The minimum atomic E-state index is -3.68. The molecule has 1 saturated heterocycles. The van der Waals surface area contributed by atoms with E-state index in [2.05, 4.69) is 10.8 Å². The lowest BCUT2D eigenvalue weighted by atomic mass is 9.95. The molecule has 1 atom stereocenters. The first-order chi connectivity index (χ1) is 13.6. The van der Waals surface area contributed by atoms with Crippen LogP contribution in [0.3, 0.4) is 0 Å². The van der Waals surface area contributed by atoms with Gasteiger partial charge in [0.1, 0.15) is 0 Å². The topological polar surface area (TPSA) is 66.5 Å². The number of hydrogen-bond acceptors (Lipinski definition) is 4. The molecule has 1 aliphatic heterocycles. The van der Waals surface area contributed by atoms with Gasteiger partial charge in [0.25, 0.3) is 0 Å². The van der Waals surface area contributed by atoms with Crippen LogP contribution in [0.25, 0.3) is 0 Å². The van der Waals surface area contributed by atoms with Crippen molar-refractivity contribution in [1.29, 1.82) is 0 Å². The number of likely N-dealkylation sites (tertiary alicyclic amines) is 1. The molecule has 0 aliphatic carbocycles. The Kier molecular flexibility index (Phi) is 6.51. The smallest absolute Gasteiger partial charge is 0.241 e. The number of hydrogen-bond donors (Lipinski definition) is 1. The number of nitrogens with one attached hydrogen (secondary N) is 1. The number of amides is 1. The van der Waals surface area contributed by atoms with Crippen molar-refractivity contribution in [3.05, 3.63) is 50.2 Å². The number of carbonyl (C=O) groups excluding carboxylic acids is 1. The Morgan fingerprint density at radius 1 is 1.10 bits per heavy atom. The van der Waals surface area contributed by atoms with E-state index in [1.54, 1.807) is 11.3 Å². The summed E-state index contributed by atoms with van der Waals surface area (Å²) in [5, 5.41) is 2.03. The molecule has 0 radical (unpaired) electrons. The molecule has 0 saturated carbocycles. The lowest BCUT2D eigenvalue weighted by Crippen LogP contribution is -2.34. The summed E-state index contributed by atoms with van der Waals surface area (Å²) in [6.07, 6.45) is 2.13. The fourth-order valence-electron chi connectivity index (χ4n) is 4.22. The number of nitrogens with zero attached hydrogens (tertiary/aromatic N) is 1. The number of benzene rings is 1. The Morgan fingerprint density at radius 3 is 2.31 bits per heavy atom. The molecule has 1 amide bonds. The van der Waals surface area contributed by atoms with Crippen LogP contribution in [0.2, 0.25) is 0 Å². The van der Waals surface area contributed by atoms with Gasteiger partial charge in [0.2, 0.25) is 15.9 Å². The van der Waals surface area contributed by atoms with Crippen molar-refractivity contribution in [3.8, 4) is 0 Å². The van der Waals surface area contributed by atoms with Crippen molar-refractivity contribution >= 4 is 27.3 Å². The lowest BCUT2D eigenvalue weighted by molar-refractivity contribution is -0.131. The maximum atomic E-state index is 13.0. The summed E-state index contributed by atoms with van der Waals surface area (Å²) in [4.78, 5) is 16.2. The molecule has 1 unspecified atom stereocenters. The van der Waals surface area contributed by atoms with Crippen LogP contribution in [0.4, 0.5) is 0 Å². The van der Waals surface area contributed by atoms with Crippen LogP contribution in [0, 0.1) is 34.6 Å². The van der Waals surface area contributed by atoms with Crippen molar-refractivity contribution < 1.29 is 13.2 Å². The largest absolute Gasteiger partial charge is 0.335 e. The Balaban J connectivity index is 1.70. The summed E-state index contributed by atoms with van der Waals surface area (Å²) in [5.41, 5.74) is 4.69. The average Bonchev–Trinajstić information content (AvgIpc) is 3.35. The predicted octanol–water partition coefficient (Wildman–Crippen LogP) is 4.32. The van der Waals surface area contributed by atoms with E-state index in [0.717, 1.165) is 47.2 Å². The minimum absolute atomic E-state index is 0.00770. The normalized spacial score (nSPS) is 17.1. The molecule has 1 aromatic carbocycles. The second kappa shape index (κ2) is 8.58. The molecule has 29 heavy (non-hydrogen) atoms. The zero-order valence-corrected chi connectivity index (χ0v) is 19.5. The second-order valence-corrected chi connectivity index (χ2v) is 10.5. The number of carbonyl (C=O) groups is 1. The van der Waals surface area contributed by atoms with Gasteiger partial charge in [-0.3, -0.25) is 4.79 Å². The third-order valence-electron chi connectivity index (χ3n) is 6.28. The third-order valence-corrected chi connectivity index (χ3v) is 8.98. The highest BCUT2D eigenvalue weighted by atomic mass is 32.2. The van der Waals surface area contributed by atoms with E-state index in [1.807, 2.05) is 51.0 Å². The second-order valence-electron chi connectivity index (χ2n) is 7.86. The van der Waals surface area contributed by atoms with E-state index >= 15 is 0 Å². The first-order valence-electron chi connectivity index (χ1n) is 10.0. The van der Waals surface area contributed by atoms with E-state index < -0.39 is 10.0 Å². The van der Waals surface area contributed by atoms with Gasteiger partial charge in [-0.25, -0.2) is 13.1 Å². The molecule has 2 aromatic rings. The summed E-state index contributed by atoms with van der Waals surface area (Å²) in [6.45, 7) is 10.5. The van der Waals surface area contributed by atoms with Crippen molar-refractivity contribution in [3.63, 3.8) is 0 Å². The standard InChI is InChI=1S/C22H30N2O3S2/c1-14-15(2)17(4)22(18(5)16(14)3)29(26,27)23-11-10-21(25)24-12-6-8-19(24)20-9-7-13-28-20/h7,9,13,19,23H,6,8,10-12H2,1-5H3. The maximum Gasteiger partial charge on any atom is 0.241 e. The minimum Gasteiger partial charge on any atom is -0.335 e. The van der Waals surface area contributed by atoms with Gasteiger partial charge in [-0.15, -0.1) is 11.3 Å². The molecule has 5 nitrogen and oxygen atoms in total. The summed E-state index contributed by atoms with van der Waals surface area (Å²) in [6, 6.07) is 4.20. The Bertz CT molecular complexity index is 982. The van der Waals surface area contributed by atoms with E-state index in [0.29, 0.717) is 4.90 Å². The molecule has 1 aromatic heterocycles. The number of sulfonamides is 1. The van der Waals surface area contributed by atoms with Crippen LogP contribution in [-0.4, -0.2) is 32.3 Å². The SMILES string of the molecule is Cc1c(C)c(C)c(S(=O)(=O)NCCC(=O)N2CCCC2c2cccs2)c(C)c1C. The fraction of sp³-hybridized carbons (Fsp3) is 0.500. The molecular formula is C22H30N2O3S2. The van der Waals surface area contributed by atoms with Gasteiger partial charge in [0.05, 0.1) is 10.9 Å². The Morgan fingerprint density at radius 2 is 1.72 bits per heavy atom. The molecule has 3 rings (SSSR count). The van der Waals surface area contributed by atoms with Crippen molar-refractivity contribution in [2.24, 2.45) is 0 Å². The first-order valence-corrected chi connectivity index (χ1v) is 12.4. The highest BCUT2D eigenvalue weighted by Crippen LogP contribution is 2.35. The van der Waals surface area contributed by atoms with Crippen LogP contribution in [0.5, 0.6) is 0 Å². The zero-order chi connectivity index (χ0) is 21.3. The summed E-state index contributed by atoms with van der Waals surface area (Å²) in [5.74, 6) is 0.00770. The van der Waals surface area contributed by atoms with Gasteiger partial charge >= 0.3 is 0 Å². The summed E-state index contributed by atoms with van der Waals surface area (Å²) >= 11 is 1.67. The first kappa shape index (κ1) is 22.0. The molecule has 1 N–H and O–H groups in total. The molecule has 2 heterocycles. The lowest BCUT2D eigenvalue weighted by Gasteiger charge is -2.24.